The van der Waals surface area contributed by atoms with Gasteiger partial charge in [-0.05, 0) is 25.1 Å². The zero-order valence-corrected chi connectivity index (χ0v) is 11.7. The molecule has 2 N–H and O–H groups in total. The Balaban J connectivity index is 1.70. The summed E-state index contributed by atoms with van der Waals surface area (Å²) in [5, 5.41) is 0.552. The molecule has 0 saturated carbocycles. The second-order valence-electron chi connectivity index (χ2n) is 5.02. The minimum Gasteiger partial charge on any atom is -0.375 e. The van der Waals surface area contributed by atoms with E-state index in [1.165, 1.54) is 29.5 Å². The lowest BCUT2D eigenvalue weighted by molar-refractivity contribution is 0.328. The first-order chi connectivity index (χ1) is 9.63. The molecule has 1 aromatic heterocycles. The fourth-order valence-corrected chi connectivity index (χ4v) is 3.46. The number of anilines is 1. The Kier molecular flexibility index (Phi) is 3.67. The zero-order chi connectivity index (χ0) is 14.1. The van der Waals surface area contributed by atoms with Crippen LogP contribution in [0.2, 0.25) is 0 Å². The van der Waals surface area contributed by atoms with Crippen LogP contribution >= 0.6 is 11.3 Å². The van der Waals surface area contributed by atoms with Gasteiger partial charge in [-0.3, -0.25) is 4.90 Å². The number of benzene rings is 1. The van der Waals surface area contributed by atoms with E-state index < -0.39 is 11.6 Å². The van der Waals surface area contributed by atoms with E-state index in [1.807, 2.05) is 0 Å². The highest BCUT2D eigenvalue weighted by atomic mass is 32.1. The van der Waals surface area contributed by atoms with Crippen molar-refractivity contribution < 1.29 is 8.78 Å². The molecule has 2 aromatic rings. The van der Waals surface area contributed by atoms with Gasteiger partial charge in [0.05, 0.1) is 0 Å². The molecule has 20 heavy (non-hydrogen) atoms. The number of nitrogens with two attached hydrogens (primary N) is 1. The molecule has 0 aliphatic carbocycles. The van der Waals surface area contributed by atoms with Gasteiger partial charge in [0.2, 0.25) is 0 Å². The Hall–Kier alpha value is -1.53. The van der Waals surface area contributed by atoms with E-state index in [-0.39, 0.29) is 11.5 Å². The van der Waals surface area contributed by atoms with Gasteiger partial charge in [-0.2, -0.15) is 0 Å². The number of halogens is 2. The van der Waals surface area contributed by atoms with Gasteiger partial charge < -0.3 is 5.73 Å². The van der Waals surface area contributed by atoms with Crippen molar-refractivity contribution in [2.45, 2.75) is 18.9 Å². The molecule has 2 heterocycles. The van der Waals surface area contributed by atoms with Crippen LogP contribution in [0.3, 0.4) is 0 Å². The lowest BCUT2D eigenvalue weighted by atomic mass is 9.97. The molecule has 1 atom stereocenters. The number of likely N-dealkylation sites (tertiary alicyclic amines) is 1. The Morgan fingerprint density at radius 2 is 2.10 bits per heavy atom. The number of nitrogen functional groups attached to an aromatic ring is 1. The second kappa shape index (κ2) is 5.46. The van der Waals surface area contributed by atoms with Crippen molar-refractivity contribution in [2.24, 2.45) is 0 Å². The van der Waals surface area contributed by atoms with E-state index in [4.69, 9.17) is 5.73 Å². The summed E-state index contributed by atoms with van der Waals surface area (Å²) in [7, 11) is 0. The summed E-state index contributed by atoms with van der Waals surface area (Å²) in [5.41, 5.74) is 5.82. The molecule has 1 aliphatic rings. The van der Waals surface area contributed by atoms with E-state index in [0.29, 0.717) is 11.7 Å². The van der Waals surface area contributed by atoms with E-state index in [2.05, 4.69) is 9.88 Å². The number of rotatable bonds is 3. The zero-order valence-electron chi connectivity index (χ0n) is 10.9. The molecule has 1 fully saturated rings. The summed E-state index contributed by atoms with van der Waals surface area (Å²) < 4.78 is 27.6. The summed E-state index contributed by atoms with van der Waals surface area (Å²) in [6, 6.07) is 4.05. The van der Waals surface area contributed by atoms with Crippen molar-refractivity contribution in [1.29, 1.82) is 0 Å². The van der Waals surface area contributed by atoms with Gasteiger partial charge in [0.15, 0.2) is 5.13 Å². The van der Waals surface area contributed by atoms with Crippen LogP contribution in [0, 0.1) is 11.6 Å². The van der Waals surface area contributed by atoms with E-state index in [1.54, 1.807) is 6.20 Å². The van der Waals surface area contributed by atoms with Crippen LogP contribution in [-0.2, 0) is 6.54 Å². The Labute approximate surface area is 120 Å². The first-order valence-electron chi connectivity index (χ1n) is 6.50. The van der Waals surface area contributed by atoms with Crippen LogP contribution in [0.25, 0.3) is 0 Å². The van der Waals surface area contributed by atoms with Crippen LogP contribution < -0.4 is 5.73 Å². The molecule has 3 nitrogen and oxygen atoms in total. The predicted molar refractivity (Wildman–Crippen MR) is 75.5 cm³/mol. The molecule has 106 valence electrons. The summed E-state index contributed by atoms with van der Waals surface area (Å²) in [6.07, 6.45) is 2.53. The van der Waals surface area contributed by atoms with Gasteiger partial charge >= 0.3 is 0 Å². The fraction of sp³-hybridized carbons (Fsp3) is 0.357. The van der Waals surface area contributed by atoms with Gasteiger partial charge in [-0.25, -0.2) is 13.8 Å². The molecule has 0 radical (unpaired) electrons. The SMILES string of the molecule is Nc1ncc(CN2CCC(c3c(F)cccc3F)C2)s1. The van der Waals surface area contributed by atoms with Crippen molar-refractivity contribution in [3.05, 3.63) is 46.5 Å². The normalized spacial score (nSPS) is 19.6. The van der Waals surface area contributed by atoms with Crippen LogP contribution in [0.15, 0.2) is 24.4 Å². The van der Waals surface area contributed by atoms with Gasteiger partial charge in [-0.1, -0.05) is 6.07 Å². The number of hydrogen-bond donors (Lipinski definition) is 1. The second-order valence-corrected chi connectivity index (χ2v) is 6.17. The fourth-order valence-electron chi connectivity index (χ4n) is 2.73. The molecule has 0 amide bonds. The summed E-state index contributed by atoms with van der Waals surface area (Å²) in [6.45, 7) is 2.23. The van der Waals surface area contributed by atoms with Gasteiger partial charge in [-0.15, -0.1) is 11.3 Å². The highest BCUT2D eigenvalue weighted by molar-refractivity contribution is 7.15. The summed E-state index contributed by atoms with van der Waals surface area (Å²) in [5.74, 6) is -0.973. The highest BCUT2D eigenvalue weighted by Crippen LogP contribution is 2.32. The van der Waals surface area contributed by atoms with Gasteiger partial charge in [0.1, 0.15) is 11.6 Å². The average molecular weight is 295 g/mol. The van der Waals surface area contributed by atoms with Crippen molar-refractivity contribution in [2.75, 3.05) is 18.8 Å². The summed E-state index contributed by atoms with van der Waals surface area (Å²) >= 11 is 1.45. The molecule has 1 aliphatic heterocycles. The number of hydrogen-bond acceptors (Lipinski definition) is 4. The monoisotopic (exact) mass is 295 g/mol. The molecule has 1 aromatic carbocycles. The molecule has 1 unspecified atom stereocenters. The topological polar surface area (TPSA) is 42.1 Å². The van der Waals surface area contributed by atoms with Crippen LogP contribution in [0.4, 0.5) is 13.9 Å². The van der Waals surface area contributed by atoms with E-state index >= 15 is 0 Å². The third-order valence-corrected chi connectivity index (χ3v) is 4.44. The molecular weight excluding hydrogens is 280 g/mol. The largest absolute Gasteiger partial charge is 0.375 e. The Bertz CT molecular complexity index is 594. The maximum Gasteiger partial charge on any atom is 0.180 e. The molecule has 0 spiro atoms. The van der Waals surface area contributed by atoms with Crippen LogP contribution in [0.5, 0.6) is 0 Å². The quantitative estimate of drug-likeness (QED) is 0.946. The van der Waals surface area contributed by atoms with Crippen LogP contribution in [0.1, 0.15) is 22.8 Å². The first kappa shape index (κ1) is 13.5. The van der Waals surface area contributed by atoms with E-state index in [9.17, 15) is 8.78 Å². The average Bonchev–Trinajstić information content (AvgIpc) is 3.00. The van der Waals surface area contributed by atoms with E-state index in [0.717, 1.165) is 24.4 Å². The Morgan fingerprint density at radius 3 is 2.75 bits per heavy atom. The molecule has 6 heteroatoms. The molecule has 3 rings (SSSR count). The van der Waals surface area contributed by atoms with Crippen molar-refractivity contribution in [1.82, 2.24) is 9.88 Å². The maximum absolute atomic E-state index is 13.8. The lowest BCUT2D eigenvalue weighted by Gasteiger charge is -2.15. The molecular formula is C14H15F2N3S. The van der Waals surface area contributed by atoms with Crippen LogP contribution in [-0.4, -0.2) is 23.0 Å². The van der Waals surface area contributed by atoms with Gasteiger partial charge in [0.25, 0.3) is 0 Å². The molecule has 1 saturated heterocycles. The first-order valence-corrected chi connectivity index (χ1v) is 7.31. The minimum absolute atomic E-state index is 0.0820. The third-order valence-electron chi connectivity index (χ3n) is 3.63. The highest BCUT2D eigenvalue weighted by Gasteiger charge is 2.28. The third kappa shape index (κ3) is 2.66. The standard InChI is InChI=1S/C14H15F2N3S/c15-11-2-1-3-12(16)13(11)9-4-5-19(7-9)8-10-6-18-14(17)20-10/h1-3,6,9H,4-5,7-8H2,(H2,17,18). The van der Waals surface area contributed by atoms with Gasteiger partial charge in [0, 0.05) is 35.6 Å². The lowest BCUT2D eigenvalue weighted by Crippen LogP contribution is -2.19. The number of thiazole rings is 1. The number of aromatic nitrogens is 1. The number of nitrogens with zero attached hydrogens (tertiary/aromatic N) is 2. The molecule has 0 bridgehead atoms. The Morgan fingerprint density at radius 1 is 1.35 bits per heavy atom. The predicted octanol–water partition coefficient (Wildman–Crippen LogP) is 2.99. The maximum atomic E-state index is 13.8. The minimum atomic E-state index is -0.445. The smallest absolute Gasteiger partial charge is 0.180 e. The van der Waals surface area contributed by atoms with Crippen molar-refractivity contribution in [3.8, 4) is 0 Å². The summed E-state index contributed by atoms with van der Waals surface area (Å²) in [4.78, 5) is 7.28. The van der Waals surface area contributed by atoms with Crippen molar-refractivity contribution in [3.63, 3.8) is 0 Å². The van der Waals surface area contributed by atoms with Crippen molar-refractivity contribution >= 4 is 16.5 Å².